The molecule has 154 valence electrons. The van der Waals surface area contributed by atoms with Gasteiger partial charge in [0.2, 0.25) is 0 Å². The summed E-state index contributed by atoms with van der Waals surface area (Å²) < 4.78 is 15.9. The SMILES string of the molecule is C/C=C/c1ccc(OCC(=O)O[C@H](C)C(=O)Nc2cc(Cl)ccc2C)c(OC)c1. The van der Waals surface area contributed by atoms with Crippen molar-refractivity contribution in [3.05, 3.63) is 58.6 Å². The number of benzene rings is 2. The highest BCUT2D eigenvalue weighted by Crippen LogP contribution is 2.28. The largest absolute Gasteiger partial charge is 0.493 e. The third-order valence-electron chi connectivity index (χ3n) is 4.03. The summed E-state index contributed by atoms with van der Waals surface area (Å²) in [6.45, 7) is 4.88. The predicted octanol–water partition coefficient (Wildman–Crippen LogP) is 4.64. The molecule has 0 fully saturated rings. The number of rotatable bonds is 8. The van der Waals surface area contributed by atoms with Gasteiger partial charge in [0.1, 0.15) is 0 Å². The lowest BCUT2D eigenvalue weighted by Gasteiger charge is -2.16. The minimum atomic E-state index is -0.997. The number of anilines is 1. The fourth-order valence-electron chi connectivity index (χ4n) is 2.48. The van der Waals surface area contributed by atoms with Crippen LogP contribution in [0.5, 0.6) is 11.5 Å². The lowest BCUT2D eigenvalue weighted by Crippen LogP contribution is -2.31. The van der Waals surface area contributed by atoms with Crippen LogP contribution in [0.4, 0.5) is 5.69 Å². The lowest BCUT2D eigenvalue weighted by molar-refractivity contribution is -0.155. The van der Waals surface area contributed by atoms with E-state index in [9.17, 15) is 9.59 Å². The standard InChI is InChI=1S/C22H24ClNO5/c1-5-6-16-8-10-19(20(11-16)27-4)28-13-21(25)29-15(3)22(26)24-18-12-17(23)9-7-14(18)2/h5-12,15H,13H2,1-4H3,(H,24,26)/b6-5+/t15-/m1/s1. The van der Waals surface area contributed by atoms with E-state index >= 15 is 0 Å². The Kier molecular flexibility index (Phi) is 8.09. The number of carbonyl (C=O) groups is 2. The van der Waals surface area contributed by atoms with E-state index in [1.807, 2.05) is 32.1 Å². The molecule has 0 saturated heterocycles. The van der Waals surface area contributed by atoms with Gasteiger partial charge < -0.3 is 19.5 Å². The van der Waals surface area contributed by atoms with Crippen molar-refractivity contribution in [1.82, 2.24) is 0 Å². The number of hydrogen-bond donors (Lipinski definition) is 1. The first-order valence-corrected chi connectivity index (χ1v) is 9.42. The summed E-state index contributed by atoms with van der Waals surface area (Å²) in [5.74, 6) is -0.230. The molecule has 0 saturated carbocycles. The van der Waals surface area contributed by atoms with E-state index < -0.39 is 18.0 Å². The maximum absolute atomic E-state index is 12.3. The molecule has 0 heterocycles. The summed E-state index contributed by atoms with van der Waals surface area (Å²) in [5.41, 5.74) is 2.35. The molecule has 0 aliphatic heterocycles. The summed E-state index contributed by atoms with van der Waals surface area (Å²) in [5, 5.41) is 3.20. The lowest BCUT2D eigenvalue weighted by atomic mass is 10.2. The van der Waals surface area contributed by atoms with Gasteiger partial charge in [-0.05, 0) is 56.2 Å². The van der Waals surface area contributed by atoms with Gasteiger partial charge in [-0.3, -0.25) is 4.79 Å². The van der Waals surface area contributed by atoms with Crippen LogP contribution in [0.25, 0.3) is 6.08 Å². The topological polar surface area (TPSA) is 73.9 Å². The molecule has 29 heavy (non-hydrogen) atoms. The van der Waals surface area contributed by atoms with Gasteiger partial charge in [0.05, 0.1) is 7.11 Å². The zero-order valence-electron chi connectivity index (χ0n) is 16.8. The molecule has 0 radical (unpaired) electrons. The molecule has 7 heteroatoms. The minimum Gasteiger partial charge on any atom is -0.493 e. The van der Waals surface area contributed by atoms with E-state index in [2.05, 4.69) is 5.32 Å². The van der Waals surface area contributed by atoms with Gasteiger partial charge >= 0.3 is 5.97 Å². The Hall–Kier alpha value is -2.99. The number of halogens is 1. The highest BCUT2D eigenvalue weighted by molar-refractivity contribution is 6.31. The van der Waals surface area contributed by atoms with Crippen molar-refractivity contribution in [2.45, 2.75) is 26.9 Å². The van der Waals surface area contributed by atoms with Crippen molar-refractivity contribution in [2.24, 2.45) is 0 Å². The molecule has 0 aliphatic rings. The molecule has 0 unspecified atom stereocenters. The second-order valence-corrected chi connectivity index (χ2v) is 6.72. The van der Waals surface area contributed by atoms with Crippen molar-refractivity contribution < 1.29 is 23.8 Å². The van der Waals surface area contributed by atoms with E-state index in [0.29, 0.717) is 22.2 Å². The van der Waals surface area contributed by atoms with Gasteiger partial charge in [0.25, 0.3) is 5.91 Å². The summed E-state index contributed by atoms with van der Waals surface area (Å²) in [7, 11) is 1.52. The maximum Gasteiger partial charge on any atom is 0.344 e. The molecule has 0 bridgehead atoms. The fraction of sp³-hybridized carbons (Fsp3) is 0.273. The van der Waals surface area contributed by atoms with Crippen LogP contribution in [0.15, 0.2) is 42.5 Å². The van der Waals surface area contributed by atoms with Crippen molar-refractivity contribution in [2.75, 3.05) is 19.0 Å². The van der Waals surface area contributed by atoms with Crippen LogP contribution in [0.2, 0.25) is 5.02 Å². The smallest absolute Gasteiger partial charge is 0.344 e. The molecule has 1 N–H and O–H groups in total. The number of allylic oxidation sites excluding steroid dienone is 1. The average Bonchev–Trinajstić information content (AvgIpc) is 2.69. The third kappa shape index (κ3) is 6.54. The number of aryl methyl sites for hydroxylation is 1. The molecule has 1 atom stereocenters. The normalized spacial score (nSPS) is 11.8. The van der Waals surface area contributed by atoms with Crippen molar-refractivity contribution in [1.29, 1.82) is 0 Å². The monoisotopic (exact) mass is 417 g/mol. The molecule has 0 spiro atoms. The number of esters is 1. The zero-order chi connectivity index (χ0) is 21.4. The zero-order valence-corrected chi connectivity index (χ0v) is 17.6. The van der Waals surface area contributed by atoms with Gasteiger partial charge in [0.15, 0.2) is 24.2 Å². The van der Waals surface area contributed by atoms with E-state index in [4.69, 9.17) is 25.8 Å². The highest BCUT2D eigenvalue weighted by Gasteiger charge is 2.19. The molecular weight excluding hydrogens is 394 g/mol. The Morgan fingerprint density at radius 1 is 1.17 bits per heavy atom. The van der Waals surface area contributed by atoms with Crippen molar-refractivity contribution in [3.63, 3.8) is 0 Å². The summed E-state index contributed by atoms with van der Waals surface area (Å²) in [4.78, 5) is 24.4. The van der Waals surface area contributed by atoms with Gasteiger partial charge in [0, 0.05) is 10.7 Å². The first kappa shape index (κ1) is 22.3. The molecule has 2 aromatic carbocycles. The van der Waals surface area contributed by atoms with Crippen LogP contribution < -0.4 is 14.8 Å². The Labute approximate surface area is 175 Å². The molecule has 0 aromatic heterocycles. The van der Waals surface area contributed by atoms with E-state index in [0.717, 1.165) is 11.1 Å². The molecule has 2 rings (SSSR count). The molecular formula is C22H24ClNO5. The van der Waals surface area contributed by atoms with E-state index in [-0.39, 0.29) is 6.61 Å². The second kappa shape index (κ2) is 10.5. The van der Waals surface area contributed by atoms with Crippen molar-refractivity contribution in [3.8, 4) is 11.5 Å². The minimum absolute atomic E-state index is 0.354. The summed E-state index contributed by atoms with van der Waals surface area (Å²) >= 11 is 5.95. The Balaban J connectivity index is 1.91. The molecule has 6 nitrogen and oxygen atoms in total. The van der Waals surface area contributed by atoms with Crippen LogP contribution in [0, 0.1) is 6.92 Å². The second-order valence-electron chi connectivity index (χ2n) is 6.28. The van der Waals surface area contributed by atoms with Crippen LogP contribution >= 0.6 is 11.6 Å². The fourth-order valence-corrected chi connectivity index (χ4v) is 2.66. The van der Waals surface area contributed by atoms with Crippen LogP contribution in [0.3, 0.4) is 0 Å². The first-order chi connectivity index (χ1) is 13.8. The maximum atomic E-state index is 12.3. The molecule has 2 aromatic rings. The Morgan fingerprint density at radius 3 is 2.62 bits per heavy atom. The van der Waals surface area contributed by atoms with Crippen LogP contribution in [0.1, 0.15) is 25.0 Å². The number of amides is 1. The number of methoxy groups -OCH3 is 1. The van der Waals surface area contributed by atoms with Gasteiger partial charge in [-0.2, -0.15) is 0 Å². The quantitative estimate of drug-likeness (QED) is 0.633. The predicted molar refractivity (Wildman–Crippen MR) is 114 cm³/mol. The number of carbonyl (C=O) groups excluding carboxylic acids is 2. The number of hydrogen-bond acceptors (Lipinski definition) is 5. The third-order valence-corrected chi connectivity index (χ3v) is 4.26. The number of ether oxygens (including phenoxy) is 3. The van der Waals surface area contributed by atoms with Gasteiger partial charge in [-0.1, -0.05) is 35.9 Å². The van der Waals surface area contributed by atoms with Gasteiger partial charge in [-0.15, -0.1) is 0 Å². The van der Waals surface area contributed by atoms with E-state index in [1.54, 1.807) is 30.3 Å². The molecule has 0 aliphatic carbocycles. The summed E-state index contributed by atoms with van der Waals surface area (Å²) in [6, 6.07) is 10.5. The van der Waals surface area contributed by atoms with Gasteiger partial charge in [-0.25, -0.2) is 4.79 Å². The first-order valence-electron chi connectivity index (χ1n) is 9.04. The van der Waals surface area contributed by atoms with Crippen molar-refractivity contribution >= 4 is 35.2 Å². The molecule has 1 amide bonds. The van der Waals surface area contributed by atoms with E-state index in [1.165, 1.54) is 14.0 Å². The average molecular weight is 418 g/mol. The summed E-state index contributed by atoms with van der Waals surface area (Å²) in [6.07, 6.45) is 2.83. The van der Waals surface area contributed by atoms with Crippen LogP contribution in [-0.4, -0.2) is 31.7 Å². The Bertz CT molecular complexity index is 910. The highest BCUT2D eigenvalue weighted by atomic mass is 35.5. The van der Waals surface area contributed by atoms with Crippen LogP contribution in [-0.2, 0) is 14.3 Å². The number of nitrogens with one attached hydrogen (secondary N) is 1. The Morgan fingerprint density at radius 2 is 1.93 bits per heavy atom.